The van der Waals surface area contributed by atoms with E-state index in [-0.39, 0.29) is 17.6 Å². The molecule has 2 amide bonds. The number of nitrogens with one attached hydrogen (secondary N) is 1. The summed E-state index contributed by atoms with van der Waals surface area (Å²) in [6.45, 7) is 8.12. The van der Waals surface area contributed by atoms with Gasteiger partial charge in [0.05, 0.1) is 0 Å². The first kappa shape index (κ1) is 27.6. The van der Waals surface area contributed by atoms with Crippen molar-refractivity contribution in [1.29, 1.82) is 0 Å². The lowest BCUT2D eigenvalue weighted by atomic mass is 9.74. The molecule has 2 rings (SSSR count). The van der Waals surface area contributed by atoms with Crippen LogP contribution in [0.1, 0.15) is 65.9 Å². The van der Waals surface area contributed by atoms with Gasteiger partial charge in [0.1, 0.15) is 11.6 Å². The Morgan fingerprint density at radius 1 is 1.15 bits per heavy atom. The second-order valence-corrected chi connectivity index (χ2v) is 10.4. The van der Waals surface area contributed by atoms with Crippen molar-refractivity contribution >= 4 is 35.4 Å². The van der Waals surface area contributed by atoms with Crippen LogP contribution in [0.4, 0.5) is 4.79 Å². The van der Waals surface area contributed by atoms with E-state index in [1.54, 1.807) is 58.9 Å². The van der Waals surface area contributed by atoms with E-state index in [4.69, 9.17) is 21.1 Å². The fourth-order valence-corrected chi connectivity index (χ4v) is 4.26. The van der Waals surface area contributed by atoms with Gasteiger partial charge in [0, 0.05) is 29.5 Å². The molecule has 1 aromatic carbocycles. The van der Waals surface area contributed by atoms with Gasteiger partial charge in [0.15, 0.2) is 5.78 Å². The maximum Gasteiger partial charge on any atom is 0.413 e. The number of hydrogen-bond donors (Lipinski definition) is 1. The predicted molar refractivity (Wildman–Crippen MR) is 128 cm³/mol. The van der Waals surface area contributed by atoms with Crippen LogP contribution >= 0.6 is 11.6 Å². The second kappa shape index (κ2) is 11.2. The van der Waals surface area contributed by atoms with Crippen molar-refractivity contribution in [1.82, 2.24) is 10.2 Å². The van der Waals surface area contributed by atoms with E-state index in [0.29, 0.717) is 23.4 Å². The number of carbonyl (C=O) groups excluding carboxylic acids is 4. The summed E-state index contributed by atoms with van der Waals surface area (Å²) >= 11 is 6.41. The van der Waals surface area contributed by atoms with Crippen LogP contribution in [0.25, 0.3) is 0 Å². The third-order valence-corrected chi connectivity index (χ3v) is 6.42. The van der Waals surface area contributed by atoms with Gasteiger partial charge in [-0.15, -0.1) is 0 Å². The fourth-order valence-electron chi connectivity index (χ4n) is 3.97. The molecule has 0 heterocycles. The molecule has 34 heavy (non-hydrogen) atoms. The molecule has 0 aliphatic heterocycles. The molecule has 1 aliphatic carbocycles. The number of nitrogens with zero attached hydrogens (tertiary/aromatic N) is 1. The standard InChI is InChI=1S/C25H35ClN2O6/c1-16(2)20(27-22(31)24(3,4)5)21(30)33-15-34-23(32)28(6)25(14-10-9-13-19(25)29)17-11-7-8-12-18(17)26/h7-8,11-12,16,20H,9-10,13-15H2,1-6H3,(H,27,31)/t20-,25-/m0/s1. The summed E-state index contributed by atoms with van der Waals surface area (Å²) in [5, 5.41) is 3.07. The molecule has 1 aliphatic rings. The highest BCUT2D eigenvalue weighted by Gasteiger charge is 2.48. The zero-order chi connectivity index (χ0) is 25.7. The van der Waals surface area contributed by atoms with E-state index >= 15 is 0 Å². The molecule has 1 saturated carbocycles. The van der Waals surface area contributed by atoms with Crippen molar-refractivity contribution in [2.75, 3.05) is 13.8 Å². The molecule has 9 heteroatoms. The van der Waals surface area contributed by atoms with Crippen LogP contribution < -0.4 is 5.32 Å². The first-order chi connectivity index (χ1) is 15.8. The molecule has 8 nitrogen and oxygen atoms in total. The lowest BCUT2D eigenvalue weighted by Gasteiger charge is -2.43. The summed E-state index contributed by atoms with van der Waals surface area (Å²) < 4.78 is 10.3. The average molecular weight is 495 g/mol. The minimum Gasteiger partial charge on any atom is -0.426 e. The highest BCUT2D eigenvalue weighted by atomic mass is 35.5. The number of rotatable bonds is 7. The van der Waals surface area contributed by atoms with Gasteiger partial charge >= 0.3 is 12.1 Å². The van der Waals surface area contributed by atoms with Crippen molar-refractivity contribution in [2.24, 2.45) is 11.3 Å². The first-order valence-electron chi connectivity index (χ1n) is 11.5. The number of esters is 1. The van der Waals surface area contributed by atoms with Gasteiger partial charge in [-0.2, -0.15) is 0 Å². The number of Topliss-reactive ketones (excluding diaryl/α,β-unsaturated/α-hetero) is 1. The molecular formula is C25H35ClN2O6. The van der Waals surface area contributed by atoms with E-state index in [2.05, 4.69) is 5.32 Å². The Morgan fingerprint density at radius 3 is 2.35 bits per heavy atom. The first-order valence-corrected chi connectivity index (χ1v) is 11.9. The summed E-state index contributed by atoms with van der Waals surface area (Å²) in [6.07, 6.45) is 1.40. The van der Waals surface area contributed by atoms with E-state index in [1.165, 1.54) is 11.9 Å². The Bertz CT molecular complexity index is 926. The highest BCUT2D eigenvalue weighted by molar-refractivity contribution is 6.31. The zero-order valence-corrected chi connectivity index (χ0v) is 21.5. The number of benzene rings is 1. The number of ketones is 1. The normalized spacial score (nSPS) is 19.4. The predicted octanol–water partition coefficient (Wildman–Crippen LogP) is 4.43. The van der Waals surface area contributed by atoms with Crippen LogP contribution in [-0.2, 0) is 29.4 Å². The van der Waals surface area contributed by atoms with E-state index in [0.717, 1.165) is 12.8 Å². The SMILES string of the molecule is CC(C)[C@H](NC(=O)C(C)(C)C)C(=O)OCOC(=O)N(C)[C@]1(c2ccccc2Cl)CCCCC1=O. The van der Waals surface area contributed by atoms with Gasteiger partial charge in [-0.25, -0.2) is 9.59 Å². The maximum absolute atomic E-state index is 13.1. The van der Waals surface area contributed by atoms with Crippen molar-refractivity contribution in [3.63, 3.8) is 0 Å². The van der Waals surface area contributed by atoms with E-state index in [1.807, 2.05) is 0 Å². The van der Waals surface area contributed by atoms with E-state index in [9.17, 15) is 19.2 Å². The number of ether oxygens (including phenoxy) is 2. The van der Waals surface area contributed by atoms with Gasteiger partial charge in [0.25, 0.3) is 0 Å². The van der Waals surface area contributed by atoms with Gasteiger partial charge in [-0.05, 0) is 31.2 Å². The van der Waals surface area contributed by atoms with Crippen molar-refractivity contribution in [3.8, 4) is 0 Å². The third-order valence-electron chi connectivity index (χ3n) is 6.09. The number of amides is 2. The Labute approximate surface area is 206 Å². The molecular weight excluding hydrogens is 460 g/mol. The molecule has 188 valence electrons. The Hall–Kier alpha value is -2.61. The van der Waals surface area contributed by atoms with Gasteiger partial charge in [-0.3, -0.25) is 14.5 Å². The lowest BCUT2D eigenvalue weighted by Crippen LogP contribution is -2.54. The van der Waals surface area contributed by atoms with Gasteiger partial charge in [-0.1, -0.05) is 64.4 Å². The number of hydrogen-bond acceptors (Lipinski definition) is 6. The lowest BCUT2D eigenvalue weighted by molar-refractivity contribution is -0.159. The second-order valence-electron chi connectivity index (χ2n) is 9.97. The molecule has 0 bridgehead atoms. The summed E-state index contributed by atoms with van der Waals surface area (Å²) in [6, 6.07) is 6.05. The molecule has 0 radical (unpaired) electrons. The molecule has 1 fully saturated rings. The highest BCUT2D eigenvalue weighted by Crippen LogP contribution is 2.42. The van der Waals surface area contributed by atoms with Crippen molar-refractivity contribution in [3.05, 3.63) is 34.9 Å². The van der Waals surface area contributed by atoms with Crippen LogP contribution in [0.5, 0.6) is 0 Å². The smallest absolute Gasteiger partial charge is 0.413 e. The molecule has 2 atom stereocenters. The molecule has 0 unspecified atom stereocenters. The summed E-state index contributed by atoms with van der Waals surface area (Å²) in [4.78, 5) is 52.1. The number of likely N-dealkylation sites (N-methyl/N-ethyl adjacent to an activating group) is 1. The quantitative estimate of drug-likeness (QED) is 0.444. The summed E-state index contributed by atoms with van der Waals surface area (Å²) in [7, 11) is 1.48. The van der Waals surface area contributed by atoms with Crippen molar-refractivity contribution < 1.29 is 28.7 Å². The van der Waals surface area contributed by atoms with E-state index < -0.39 is 35.9 Å². The Morgan fingerprint density at radius 2 is 1.79 bits per heavy atom. The largest absolute Gasteiger partial charge is 0.426 e. The number of carbonyl (C=O) groups is 4. The van der Waals surface area contributed by atoms with Crippen molar-refractivity contribution in [2.45, 2.75) is 71.9 Å². The van der Waals surface area contributed by atoms with Crippen LogP contribution in [-0.4, -0.2) is 48.5 Å². The number of halogens is 1. The molecule has 0 spiro atoms. The average Bonchev–Trinajstić information content (AvgIpc) is 2.76. The monoisotopic (exact) mass is 494 g/mol. The molecule has 1 N–H and O–H groups in total. The fraction of sp³-hybridized carbons (Fsp3) is 0.600. The summed E-state index contributed by atoms with van der Waals surface area (Å²) in [5.74, 6) is -1.36. The van der Waals surface area contributed by atoms with Crippen LogP contribution in [0.3, 0.4) is 0 Å². The van der Waals surface area contributed by atoms with Gasteiger partial charge < -0.3 is 14.8 Å². The zero-order valence-electron chi connectivity index (χ0n) is 20.8. The minimum atomic E-state index is -1.25. The Kier molecular flexibility index (Phi) is 9.11. The molecule has 0 saturated heterocycles. The van der Waals surface area contributed by atoms with Crippen LogP contribution in [0.2, 0.25) is 5.02 Å². The summed E-state index contributed by atoms with van der Waals surface area (Å²) in [5.41, 5.74) is -1.39. The molecule has 0 aromatic heterocycles. The maximum atomic E-state index is 13.1. The van der Waals surface area contributed by atoms with Gasteiger partial charge in [0.2, 0.25) is 12.7 Å². The topological polar surface area (TPSA) is 102 Å². The molecule has 1 aromatic rings. The minimum absolute atomic E-state index is 0.118. The Balaban J connectivity index is 2.10. The van der Waals surface area contributed by atoms with Crippen LogP contribution in [0, 0.1) is 11.3 Å². The third kappa shape index (κ3) is 6.09. The van der Waals surface area contributed by atoms with Crippen LogP contribution in [0.15, 0.2) is 24.3 Å².